The Morgan fingerprint density at radius 3 is 2.51 bits per heavy atom. The first-order valence-electron chi connectivity index (χ1n) is 12.1. The Morgan fingerprint density at radius 1 is 1.06 bits per heavy atom. The molecule has 3 aromatic rings. The topological polar surface area (TPSA) is 58.6 Å². The number of carbonyl (C=O) groups is 2. The van der Waals surface area contributed by atoms with Gasteiger partial charge in [-0.1, -0.05) is 61.7 Å². The van der Waals surface area contributed by atoms with Crippen LogP contribution in [-0.2, 0) is 16.1 Å². The largest absolute Gasteiger partial charge is 0.483 e. The number of fused-ring (bicyclic) bond motifs is 1. The maximum atomic E-state index is 13.4. The summed E-state index contributed by atoms with van der Waals surface area (Å²) >= 11 is 3.59. The molecule has 0 unspecified atom stereocenters. The maximum absolute atomic E-state index is 13.4. The van der Waals surface area contributed by atoms with Crippen molar-refractivity contribution in [2.75, 3.05) is 6.61 Å². The molecular weight excluding hydrogens is 511 g/mol. The predicted molar refractivity (Wildman–Crippen MR) is 139 cm³/mol. The zero-order valence-corrected chi connectivity index (χ0v) is 21.4. The molecule has 1 aliphatic rings. The fourth-order valence-electron chi connectivity index (χ4n) is 4.49. The van der Waals surface area contributed by atoms with Gasteiger partial charge < -0.3 is 15.0 Å². The van der Waals surface area contributed by atoms with Crippen molar-refractivity contribution >= 4 is 38.5 Å². The van der Waals surface area contributed by atoms with Crippen LogP contribution in [0, 0.1) is 5.82 Å². The number of hydrogen-bond acceptors (Lipinski definition) is 3. The molecule has 0 bridgehead atoms. The van der Waals surface area contributed by atoms with Gasteiger partial charge in [0, 0.05) is 12.6 Å². The summed E-state index contributed by atoms with van der Waals surface area (Å²) in [6, 6.07) is 17.1. The molecule has 0 radical (unpaired) electrons. The van der Waals surface area contributed by atoms with E-state index >= 15 is 0 Å². The van der Waals surface area contributed by atoms with Crippen LogP contribution < -0.4 is 10.1 Å². The smallest absolute Gasteiger partial charge is 0.261 e. The minimum Gasteiger partial charge on any atom is -0.483 e. The van der Waals surface area contributed by atoms with Gasteiger partial charge in [0.15, 0.2) is 6.61 Å². The van der Waals surface area contributed by atoms with Crippen LogP contribution in [0.4, 0.5) is 4.39 Å². The number of nitrogens with one attached hydrogen (secondary N) is 1. The van der Waals surface area contributed by atoms with E-state index in [1.165, 1.54) is 23.5 Å². The lowest BCUT2D eigenvalue weighted by molar-refractivity contribution is -0.142. The molecule has 1 N–H and O–H groups in total. The monoisotopic (exact) mass is 540 g/mol. The number of halogens is 2. The van der Waals surface area contributed by atoms with E-state index in [0.29, 0.717) is 5.75 Å². The van der Waals surface area contributed by atoms with Gasteiger partial charge in [-0.05, 0) is 70.2 Å². The highest BCUT2D eigenvalue weighted by molar-refractivity contribution is 9.10. The highest BCUT2D eigenvalue weighted by Gasteiger charge is 2.28. The number of carbonyl (C=O) groups excluding carboxylic acids is 2. The van der Waals surface area contributed by atoms with Crippen LogP contribution in [0.5, 0.6) is 5.75 Å². The second-order valence-corrected chi connectivity index (χ2v) is 9.85. The highest BCUT2D eigenvalue weighted by Crippen LogP contribution is 2.33. The van der Waals surface area contributed by atoms with Crippen molar-refractivity contribution in [3.63, 3.8) is 0 Å². The van der Waals surface area contributed by atoms with Crippen LogP contribution in [-0.4, -0.2) is 35.4 Å². The van der Waals surface area contributed by atoms with E-state index in [2.05, 4.69) is 21.2 Å². The SMILES string of the molecule is C[C@H](C(=O)NC1CCCCC1)N(Cc1ccc(F)cc1)C(=O)COc1ccc2ccccc2c1Br. The summed E-state index contributed by atoms with van der Waals surface area (Å²) in [7, 11) is 0. The van der Waals surface area contributed by atoms with Crippen molar-refractivity contribution < 1.29 is 18.7 Å². The lowest BCUT2D eigenvalue weighted by Crippen LogP contribution is -2.51. The maximum Gasteiger partial charge on any atom is 0.261 e. The lowest BCUT2D eigenvalue weighted by atomic mass is 9.95. The number of amides is 2. The van der Waals surface area contributed by atoms with Crippen molar-refractivity contribution in [3.05, 3.63) is 76.5 Å². The Kier molecular flexibility index (Phi) is 8.39. The molecular formula is C28H30BrFN2O3. The van der Waals surface area contributed by atoms with Crippen molar-refractivity contribution in [1.29, 1.82) is 0 Å². The summed E-state index contributed by atoms with van der Waals surface area (Å²) in [5.74, 6) is -0.294. The zero-order valence-electron chi connectivity index (χ0n) is 19.8. The molecule has 3 aromatic carbocycles. The molecule has 1 atom stereocenters. The van der Waals surface area contributed by atoms with Crippen molar-refractivity contribution in [1.82, 2.24) is 10.2 Å². The van der Waals surface area contributed by atoms with Crippen molar-refractivity contribution in [2.24, 2.45) is 0 Å². The van der Waals surface area contributed by atoms with Gasteiger partial charge in [-0.2, -0.15) is 0 Å². The molecule has 5 nitrogen and oxygen atoms in total. The summed E-state index contributed by atoms with van der Waals surface area (Å²) < 4.78 is 20.1. The zero-order chi connectivity index (χ0) is 24.8. The third-order valence-electron chi connectivity index (χ3n) is 6.56. The molecule has 1 fully saturated rings. The summed E-state index contributed by atoms with van der Waals surface area (Å²) in [6.45, 7) is 1.69. The van der Waals surface area contributed by atoms with E-state index in [9.17, 15) is 14.0 Å². The van der Waals surface area contributed by atoms with E-state index in [1.54, 1.807) is 19.1 Å². The lowest BCUT2D eigenvalue weighted by Gasteiger charge is -2.31. The van der Waals surface area contributed by atoms with Crippen LogP contribution in [0.15, 0.2) is 65.1 Å². The Bertz CT molecular complexity index is 1180. The fraction of sp³-hybridized carbons (Fsp3) is 0.357. The number of rotatable bonds is 8. The van der Waals surface area contributed by atoms with Gasteiger partial charge in [0.05, 0.1) is 4.47 Å². The van der Waals surface area contributed by atoms with E-state index in [-0.39, 0.29) is 36.8 Å². The van der Waals surface area contributed by atoms with Crippen molar-refractivity contribution in [2.45, 2.75) is 57.7 Å². The van der Waals surface area contributed by atoms with Gasteiger partial charge in [-0.25, -0.2) is 4.39 Å². The first kappa shape index (κ1) is 25.2. The normalized spacial score (nSPS) is 14.9. The average molecular weight is 541 g/mol. The number of hydrogen-bond donors (Lipinski definition) is 1. The molecule has 0 saturated heterocycles. The Labute approximate surface area is 213 Å². The first-order chi connectivity index (χ1) is 16.9. The standard InChI is InChI=1S/C28H30BrFN2O3/c1-19(28(34)31-23-8-3-2-4-9-23)32(17-20-11-14-22(30)15-12-20)26(33)18-35-25-16-13-21-7-5-6-10-24(21)27(25)29/h5-7,10-16,19,23H,2-4,8-9,17-18H2,1H3,(H,31,34)/t19-/m1/s1. The quantitative estimate of drug-likeness (QED) is 0.382. The van der Waals surface area contributed by atoms with Gasteiger partial charge in [-0.3, -0.25) is 9.59 Å². The molecule has 35 heavy (non-hydrogen) atoms. The molecule has 184 valence electrons. The third kappa shape index (κ3) is 6.40. The van der Waals surface area contributed by atoms with Crippen molar-refractivity contribution in [3.8, 4) is 5.75 Å². The van der Waals surface area contributed by atoms with E-state index < -0.39 is 6.04 Å². The molecule has 1 aliphatic carbocycles. The second kappa shape index (κ2) is 11.7. The van der Waals surface area contributed by atoms with Gasteiger partial charge >= 0.3 is 0 Å². The van der Waals surface area contributed by atoms with Gasteiger partial charge in [0.2, 0.25) is 5.91 Å². The van der Waals surface area contributed by atoms with Crippen LogP contribution in [0.3, 0.4) is 0 Å². The summed E-state index contributed by atoms with van der Waals surface area (Å²) in [5, 5.41) is 5.16. The number of ether oxygens (including phenoxy) is 1. The molecule has 7 heteroatoms. The summed E-state index contributed by atoms with van der Waals surface area (Å²) in [5.41, 5.74) is 0.740. The molecule has 0 spiro atoms. The van der Waals surface area contributed by atoms with Crippen LogP contribution in [0.25, 0.3) is 10.8 Å². The summed E-state index contributed by atoms with van der Waals surface area (Å²) in [4.78, 5) is 27.9. The Morgan fingerprint density at radius 2 is 1.77 bits per heavy atom. The number of nitrogens with zero attached hydrogens (tertiary/aromatic N) is 1. The molecule has 0 heterocycles. The Hall–Kier alpha value is -2.93. The van der Waals surface area contributed by atoms with Crippen LogP contribution in [0.2, 0.25) is 0 Å². The molecule has 0 aliphatic heterocycles. The van der Waals surface area contributed by atoms with Gasteiger partial charge in [-0.15, -0.1) is 0 Å². The van der Waals surface area contributed by atoms with Gasteiger partial charge in [0.1, 0.15) is 17.6 Å². The average Bonchev–Trinajstić information content (AvgIpc) is 2.88. The van der Waals surface area contributed by atoms with E-state index in [1.807, 2.05) is 36.4 Å². The van der Waals surface area contributed by atoms with Crippen LogP contribution in [0.1, 0.15) is 44.6 Å². The molecule has 2 amide bonds. The summed E-state index contributed by atoms with van der Waals surface area (Å²) in [6.07, 6.45) is 5.32. The third-order valence-corrected chi connectivity index (χ3v) is 7.38. The molecule has 4 rings (SSSR count). The first-order valence-corrected chi connectivity index (χ1v) is 12.9. The minimum absolute atomic E-state index is 0.145. The molecule has 0 aromatic heterocycles. The van der Waals surface area contributed by atoms with Crippen LogP contribution >= 0.6 is 15.9 Å². The predicted octanol–water partition coefficient (Wildman–Crippen LogP) is 5.99. The van der Waals surface area contributed by atoms with Gasteiger partial charge in [0.25, 0.3) is 5.91 Å². The van der Waals surface area contributed by atoms with E-state index in [0.717, 1.165) is 46.5 Å². The highest BCUT2D eigenvalue weighted by atomic mass is 79.9. The minimum atomic E-state index is -0.696. The number of benzene rings is 3. The fourth-order valence-corrected chi connectivity index (χ4v) is 5.09. The Balaban J connectivity index is 1.49. The second-order valence-electron chi connectivity index (χ2n) is 9.06. The molecule has 1 saturated carbocycles. The van der Waals surface area contributed by atoms with E-state index in [4.69, 9.17) is 4.74 Å².